The van der Waals surface area contributed by atoms with Gasteiger partial charge < -0.3 is 0 Å². The van der Waals surface area contributed by atoms with Crippen LogP contribution < -0.4 is 0 Å². The van der Waals surface area contributed by atoms with Gasteiger partial charge in [-0.25, -0.2) is 17.2 Å². The van der Waals surface area contributed by atoms with Gasteiger partial charge in [0, 0.05) is 23.6 Å². The van der Waals surface area contributed by atoms with Gasteiger partial charge >= 0.3 is 0 Å². The Kier molecular flexibility index (Phi) is 5.62. The summed E-state index contributed by atoms with van der Waals surface area (Å²) in [5.74, 6) is -2.58. The Bertz CT molecular complexity index is 620. The van der Waals surface area contributed by atoms with E-state index in [-0.39, 0.29) is 17.6 Å². The molecule has 0 spiro atoms. The van der Waals surface area contributed by atoms with Gasteiger partial charge in [-0.3, -0.25) is 0 Å². The van der Waals surface area contributed by atoms with E-state index in [0.717, 1.165) is 10.4 Å². The molecule has 8 heteroatoms. The second-order valence-electron chi connectivity index (χ2n) is 4.18. The lowest BCUT2D eigenvalue weighted by Gasteiger charge is -2.22. The van der Waals surface area contributed by atoms with Crippen LogP contribution in [0.4, 0.5) is 8.78 Å². The van der Waals surface area contributed by atoms with Crippen molar-refractivity contribution < 1.29 is 17.2 Å². The number of nitriles is 1. The van der Waals surface area contributed by atoms with Crippen LogP contribution >= 0.6 is 15.9 Å². The largest absolute Gasteiger partial charge is 0.247 e. The first-order valence-corrected chi connectivity index (χ1v) is 8.01. The van der Waals surface area contributed by atoms with Crippen molar-refractivity contribution in [2.24, 2.45) is 5.92 Å². The fourth-order valence-electron chi connectivity index (χ4n) is 1.65. The average molecular weight is 367 g/mol. The van der Waals surface area contributed by atoms with Gasteiger partial charge in [-0.1, -0.05) is 6.92 Å². The van der Waals surface area contributed by atoms with Crippen LogP contribution in [-0.2, 0) is 10.0 Å². The molecule has 0 aliphatic heterocycles. The summed E-state index contributed by atoms with van der Waals surface area (Å²) in [6.07, 6.45) is 0. The van der Waals surface area contributed by atoms with E-state index in [1.165, 1.54) is 0 Å². The molecular formula is C12H13BrF2N2O2S. The van der Waals surface area contributed by atoms with E-state index in [1.54, 1.807) is 13.8 Å². The molecule has 1 atom stereocenters. The predicted molar refractivity (Wildman–Crippen MR) is 73.3 cm³/mol. The topological polar surface area (TPSA) is 61.2 Å². The van der Waals surface area contributed by atoms with Crippen molar-refractivity contribution in [2.45, 2.75) is 18.7 Å². The third-order valence-electron chi connectivity index (χ3n) is 2.61. The molecule has 1 unspecified atom stereocenters. The minimum absolute atomic E-state index is 0.0570. The Labute approximate surface area is 125 Å². The van der Waals surface area contributed by atoms with Gasteiger partial charge in [-0.2, -0.15) is 9.57 Å². The maximum absolute atomic E-state index is 13.8. The maximum atomic E-state index is 13.8. The van der Waals surface area contributed by atoms with E-state index in [1.807, 2.05) is 6.07 Å². The lowest BCUT2D eigenvalue weighted by atomic mass is 10.2. The summed E-state index contributed by atoms with van der Waals surface area (Å²) in [5, 5.41) is 8.76. The van der Waals surface area contributed by atoms with Gasteiger partial charge in [0.1, 0.15) is 16.5 Å². The summed E-state index contributed by atoms with van der Waals surface area (Å²) >= 11 is 2.86. The zero-order valence-electron chi connectivity index (χ0n) is 10.9. The highest BCUT2D eigenvalue weighted by molar-refractivity contribution is 9.10. The molecule has 0 aliphatic carbocycles. The molecule has 20 heavy (non-hydrogen) atoms. The van der Waals surface area contributed by atoms with Crippen LogP contribution in [0, 0.1) is 28.9 Å². The van der Waals surface area contributed by atoms with Crippen LogP contribution in [0.1, 0.15) is 13.8 Å². The number of halogens is 3. The quantitative estimate of drug-likeness (QED) is 0.804. The Morgan fingerprint density at radius 1 is 1.45 bits per heavy atom. The molecule has 0 saturated carbocycles. The highest BCUT2D eigenvalue weighted by Crippen LogP contribution is 2.29. The zero-order chi connectivity index (χ0) is 15.5. The van der Waals surface area contributed by atoms with Gasteiger partial charge in [0.05, 0.1) is 12.0 Å². The number of hydrogen-bond donors (Lipinski definition) is 0. The second-order valence-corrected chi connectivity index (χ2v) is 6.91. The van der Waals surface area contributed by atoms with Crippen molar-refractivity contribution in [2.75, 3.05) is 13.1 Å². The summed E-state index contributed by atoms with van der Waals surface area (Å²) in [6, 6.07) is 3.32. The maximum Gasteiger partial charge on any atom is 0.247 e. The first kappa shape index (κ1) is 17.0. The van der Waals surface area contributed by atoms with Crippen LogP contribution in [0.5, 0.6) is 0 Å². The summed E-state index contributed by atoms with van der Waals surface area (Å²) in [6.45, 7) is 3.17. The summed E-state index contributed by atoms with van der Waals surface area (Å²) < 4.78 is 52.4. The Morgan fingerprint density at radius 3 is 2.50 bits per heavy atom. The molecule has 4 nitrogen and oxygen atoms in total. The van der Waals surface area contributed by atoms with E-state index in [9.17, 15) is 17.2 Å². The third kappa shape index (κ3) is 3.53. The van der Waals surface area contributed by atoms with Crippen LogP contribution in [0.3, 0.4) is 0 Å². The first-order chi connectivity index (χ1) is 9.23. The zero-order valence-corrected chi connectivity index (χ0v) is 13.3. The molecule has 0 aromatic heterocycles. The Morgan fingerprint density at radius 2 is 2.05 bits per heavy atom. The summed E-state index contributed by atoms with van der Waals surface area (Å²) in [4.78, 5) is -0.620. The standard InChI is InChI=1S/C12H13BrF2N2O2S/c1-3-17(7-8(2)6-16)20(18,19)12-10(13)4-9(14)5-11(12)15/h4-5,8H,3,7H2,1-2H3. The highest BCUT2D eigenvalue weighted by Gasteiger charge is 2.30. The van der Waals surface area contributed by atoms with E-state index in [4.69, 9.17) is 5.26 Å². The van der Waals surface area contributed by atoms with Crippen molar-refractivity contribution in [3.63, 3.8) is 0 Å². The number of benzene rings is 1. The van der Waals surface area contributed by atoms with Crippen LogP contribution in [0.15, 0.2) is 21.5 Å². The molecule has 0 saturated heterocycles. The molecule has 0 heterocycles. The lowest BCUT2D eigenvalue weighted by Crippen LogP contribution is -2.35. The van der Waals surface area contributed by atoms with Gasteiger partial charge in [-0.05, 0) is 28.9 Å². The van der Waals surface area contributed by atoms with Crippen molar-refractivity contribution >= 4 is 26.0 Å². The minimum Gasteiger partial charge on any atom is -0.207 e. The molecule has 1 aromatic carbocycles. The molecule has 0 amide bonds. The Balaban J connectivity index is 3.32. The van der Waals surface area contributed by atoms with Crippen LogP contribution in [0.2, 0.25) is 0 Å². The molecule has 1 rings (SSSR count). The first-order valence-electron chi connectivity index (χ1n) is 5.78. The molecule has 0 aliphatic rings. The molecule has 0 N–H and O–H groups in total. The second kappa shape index (κ2) is 6.61. The smallest absolute Gasteiger partial charge is 0.207 e. The summed E-state index contributed by atoms with van der Waals surface area (Å²) in [5.41, 5.74) is 0. The fourth-order valence-corrected chi connectivity index (χ4v) is 4.30. The van der Waals surface area contributed by atoms with Crippen molar-refractivity contribution in [3.8, 4) is 6.07 Å². The molecule has 110 valence electrons. The van der Waals surface area contributed by atoms with Gasteiger partial charge in [0.15, 0.2) is 0 Å². The monoisotopic (exact) mass is 366 g/mol. The molecule has 0 bridgehead atoms. The number of nitrogens with zero attached hydrogens (tertiary/aromatic N) is 2. The van der Waals surface area contributed by atoms with Crippen LogP contribution in [0.25, 0.3) is 0 Å². The molecule has 1 aromatic rings. The summed E-state index contributed by atoms with van der Waals surface area (Å²) in [7, 11) is -4.14. The van der Waals surface area contributed by atoms with E-state index in [0.29, 0.717) is 6.07 Å². The highest BCUT2D eigenvalue weighted by atomic mass is 79.9. The number of hydrogen-bond acceptors (Lipinski definition) is 3. The van der Waals surface area contributed by atoms with E-state index < -0.39 is 32.5 Å². The molecule has 0 radical (unpaired) electrons. The van der Waals surface area contributed by atoms with Gasteiger partial charge in [0.2, 0.25) is 10.0 Å². The van der Waals surface area contributed by atoms with Crippen molar-refractivity contribution in [3.05, 3.63) is 28.2 Å². The molecular weight excluding hydrogens is 354 g/mol. The fraction of sp³-hybridized carbons (Fsp3) is 0.417. The van der Waals surface area contributed by atoms with E-state index in [2.05, 4.69) is 15.9 Å². The number of sulfonamides is 1. The Hall–Kier alpha value is -1.04. The van der Waals surface area contributed by atoms with Crippen LogP contribution in [-0.4, -0.2) is 25.8 Å². The normalized spacial score (nSPS) is 13.2. The lowest BCUT2D eigenvalue weighted by molar-refractivity contribution is 0.396. The SMILES string of the molecule is CCN(CC(C)C#N)S(=O)(=O)c1c(F)cc(F)cc1Br. The minimum atomic E-state index is -4.14. The van der Waals surface area contributed by atoms with Gasteiger partial charge in [0.25, 0.3) is 0 Å². The van der Waals surface area contributed by atoms with E-state index >= 15 is 0 Å². The molecule has 0 fully saturated rings. The third-order valence-corrected chi connectivity index (χ3v) is 5.52. The number of rotatable bonds is 5. The van der Waals surface area contributed by atoms with Gasteiger partial charge in [-0.15, -0.1) is 0 Å². The predicted octanol–water partition coefficient (Wildman–Crippen LogP) is 2.90. The van der Waals surface area contributed by atoms with Crippen molar-refractivity contribution in [1.29, 1.82) is 5.26 Å². The van der Waals surface area contributed by atoms with Crippen molar-refractivity contribution in [1.82, 2.24) is 4.31 Å². The average Bonchev–Trinajstić information content (AvgIpc) is 2.33.